The molecule has 0 saturated carbocycles. The molecular weight excluding hydrogens is 188 g/mol. The monoisotopic (exact) mass is 206 g/mol. The number of rotatable bonds is 3. The highest BCUT2D eigenvalue weighted by Gasteiger charge is 2.25. The molecule has 0 saturated heterocycles. The van der Waals surface area contributed by atoms with Gasteiger partial charge in [-0.25, -0.2) is 0 Å². The first-order valence-corrected chi connectivity index (χ1v) is 5.12. The second-order valence-electron chi connectivity index (χ2n) is 4.77. The zero-order valence-corrected chi connectivity index (χ0v) is 9.79. The number of carboxylic acid groups (broad SMARTS) is 1. The summed E-state index contributed by atoms with van der Waals surface area (Å²) in [6.07, 6.45) is 0.164. The lowest BCUT2D eigenvalue weighted by Crippen LogP contribution is -2.22. The molecule has 1 aromatic rings. The van der Waals surface area contributed by atoms with E-state index in [1.165, 1.54) is 11.1 Å². The fourth-order valence-electron chi connectivity index (χ4n) is 2.05. The maximum Gasteiger partial charge on any atom is 0.304 e. The molecule has 1 N–H and O–H groups in total. The van der Waals surface area contributed by atoms with Gasteiger partial charge in [-0.1, -0.05) is 37.6 Å². The van der Waals surface area contributed by atoms with Gasteiger partial charge in [-0.3, -0.25) is 4.79 Å². The summed E-state index contributed by atoms with van der Waals surface area (Å²) in [4.78, 5) is 10.8. The molecule has 0 radical (unpaired) electrons. The summed E-state index contributed by atoms with van der Waals surface area (Å²) in [5.41, 5.74) is 3.20. The molecule has 0 atom stereocenters. The first-order valence-electron chi connectivity index (χ1n) is 5.12. The summed E-state index contributed by atoms with van der Waals surface area (Å²) in [7, 11) is 0. The van der Waals surface area contributed by atoms with Crippen molar-refractivity contribution < 1.29 is 9.90 Å². The molecule has 0 aliphatic carbocycles. The fraction of sp³-hybridized carbons (Fsp3) is 0.462. The Morgan fingerprint density at radius 2 is 1.93 bits per heavy atom. The summed E-state index contributed by atoms with van der Waals surface area (Å²) >= 11 is 0. The molecular formula is C13H18O2. The Morgan fingerprint density at radius 3 is 2.40 bits per heavy atom. The van der Waals surface area contributed by atoms with Gasteiger partial charge in [0, 0.05) is 5.41 Å². The van der Waals surface area contributed by atoms with Crippen molar-refractivity contribution in [2.45, 2.75) is 39.5 Å². The first-order chi connectivity index (χ1) is 6.83. The lowest BCUT2D eigenvalue weighted by atomic mass is 9.79. The number of benzene rings is 1. The van der Waals surface area contributed by atoms with E-state index in [1.807, 2.05) is 39.8 Å². The SMILES string of the molecule is Cc1ccc(C(C)(C)CC(=O)O)c(C)c1. The number of hydrogen-bond acceptors (Lipinski definition) is 1. The van der Waals surface area contributed by atoms with E-state index in [0.29, 0.717) is 0 Å². The van der Waals surface area contributed by atoms with Crippen LogP contribution in [0.5, 0.6) is 0 Å². The quantitative estimate of drug-likeness (QED) is 0.825. The average Bonchev–Trinajstić information content (AvgIpc) is 1.99. The van der Waals surface area contributed by atoms with Crippen LogP contribution in [-0.4, -0.2) is 11.1 Å². The predicted molar refractivity (Wildman–Crippen MR) is 61.2 cm³/mol. The second kappa shape index (κ2) is 4.05. The third kappa shape index (κ3) is 2.82. The van der Waals surface area contributed by atoms with Gasteiger partial charge in [-0.05, 0) is 25.0 Å². The van der Waals surface area contributed by atoms with Crippen molar-refractivity contribution in [1.82, 2.24) is 0 Å². The van der Waals surface area contributed by atoms with Crippen LogP contribution in [0.15, 0.2) is 18.2 Å². The van der Waals surface area contributed by atoms with E-state index in [1.54, 1.807) is 0 Å². The van der Waals surface area contributed by atoms with E-state index in [9.17, 15) is 4.79 Å². The largest absolute Gasteiger partial charge is 0.481 e. The zero-order chi connectivity index (χ0) is 11.6. The Hall–Kier alpha value is -1.31. The van der Waals surface area contributed by atoms with Gasteiger partial charge in [0.25, 0.3) is 0 Å². The van der Waals surface area contributed by atoms with E-state index in [2.05, 4.69) is 6.07 Å². The standard InChI is InChI=1S/C13H18O2/c1-9-5-6-11(10(2)7-9)13(3,4)8-12(14)15/h5-7H,8H2,1-4H3,(H,14,15). The smallest absolute Gasteiger partial charge is 0.304 e. The molecule has 0 spiro atoms. The van der Waals surface area contributed by atoms with Crippen molar-refractivity contribution in [3.63, 3.8) is 0 Å². The molecule has 0 bridgehead atoms. The molecule has 0 aliphatic heterocycles. The van der Waals surface area contributed by atoms with Crippen molar-refractivity contribution in [3.8, 4) is 0 Å². The maximum absolute atomic E-state index is 10.8. The van der Waals surface area contributed by atoms with Gasteiger partial charge in [-0.2, -0.15) is 0 Å². The molecule has 0 aromatic heterocycles. The zero-order valence-electron chi connectivity index (χ0n) is 9.79. The van der Waals surface area contributed by atoms with Crippen LogP contribution in [-0.2, 0) is 10.2 Å². The highest BCUT2D eigenvalue weighted by atomic mass is 16.4. The van der Waals surface area contributed by atoms with Crippen molar-refractivity contribution in [3.05, 3.63) is 34.9 Å². The van der Waals surface area contributed by atoms with Gasteiger partial charge in [0.1, 0.15) is 0 Å². The Bertz CT molecular complexity index is 378. The Morgan fingerprint density at radius 1 is 1.33 bits per heavy atom. The molecule has 15 heavy (non-hydrogen) atoms. The molecule has 0 aliphatic rings. The highest BCUT2D eigenvalue weighted by molar-refractivity contribution is 5.69. The van der Waals surface area contributed by atoms with E-state index in [-0.39, 0.29) is 11.8 Å². The van der Waals surface area contributed by atoms with E-state index < -0.39 is 5.97 Å². The minimum Gasteiger partial charge on any atom is -0.481 e. The summed E-state index contributed by atoms with van der Waals surface area (Å²) in [5.74, 6) is -0.750. The van der Waals surface area contributed by atoms with Crippen molar-refractivity contribution >= 4 is 5.97 Å². The normalized spacial score (nSPS) is 11.5. The van der Waals surface area contributed by atoms with Crippen LogP contribution in [0.3, 0.4) is 0 Å². The number of carbonyl (C=O) groups is 1. The Balaban J connectivity index is 3.09. The van der Waals surface area contributed by atoms with Crippen molar-refractivity contribution in [2.75, 3.05) is 0 Å². The summed E-state index contributed by atoms with van der Waals surface area (Å²) in [5, 5.41) is 8.86. The lowest BCUT2D eigenvalue weighted by molar-refractivity contribution is -0.138. The number of hydrogen-bond donors (Lipinski definition) is 1. The molecule has 82 valence electrons. The van der Waals surface area contributed by atoms with Gasteiger partial charge >= 0.3 is 5.97 Å². The third-order valence-electron chi connectivity index (χ3n) is 2.70. The number of aliphatic carboxylic acids is 1. The number of carboxylic acids is 1. The van der Waals surface area contributed by atoms with Crippen LogP contribution in [0.4, 0.5) is 0 Å². The lowest BCUT2D eigenvalue weighted by Gasteiger charge is -2.25. The maximum atomic E-state index is 10.8. The molecule has 0 amide bonds. The topological polar surface area (TPSA) is 37.3 Å². The highest BCUT2D eigenvalue weighted by Crippen LogP contribution is 2.29. The van der Waals surface area contributed by atoms with Crippen molar-refractivity contribution in [1.29, 1.82) is 0 Å². The molecule has 1 aromatic carbocycles. The predicted octanol–water partition coefficient (Wildman–Crippen LogP) is 3.06. The average molecular weight is 206 g/mol. The molecule has 1 rings (SSSR count). The van der Waals surface area contributed by atoms with Gasteiger partial charge in [0.2, 0.25) is 0 Å². The summed E-state index contributed by atoms with van der Waals surface area (Å²) < 4.78 is 0. The van der Waals surface area contributed by atoms with E-state index >= 15 is 0 Å². The molecule has 0 unspecified atom stereocenters. The Labute approximate surface area is 90.9 Å². The summed E-state index contributed by atoms with van der Waals surface area (Å²) in [6, 6.07) is 6.17. The van der Waals surface area contributed by atoms with Crippen LogP contribution in [0, 0.1) is 13.8 Å². The van der Waals surface area contributed by atoms with E-state index in [0.717, 1.165) is 5.56 Å². The van der Waals surface area contributed by atoms with Crippen LogP contribution in [0.25, 0.3) is 0 Å². The molecule has 2 heteroatoms. The minimum atomic E-state index is -0.750. The van der Waals surface area contributed by atoms with Crippen LogP contribution < -0.4 is 0 Å². The van der Waals surface area contributed by atoms with Gasteiger partial charge in [-0.15, -0.1) is 0 Å². The number of aryl methyl sites for hydroxylation is 2. The van der Waals surface area contributed by atoms with E-state index in [4.69, 9.17) is 5.11 Å². The van der Waals surface area contributed by atoms with Crippen molar-refractivity contribution in [2.24, 2.45) is 0 Å². The van der Waals surface area contributed by atoms with Gasteiger partial charge in [0.15, 0.2) is 0 Å². The fourth-order valence-corrected chi connectivity index (χ4v) is 2.05. The summed E-state index contributed by atoms with van der Waals surface area (Å²) in [6.45, 7) is 8.02. The second-order valence-corrected chi connectivity index (χ2v) is 4.77. The third-order valence-corrected chi connectivity index (χ3v) is 2.70. The Kier molecular flexibility index (Phi) is 3.18. The van der Waals surface area contributed by atoms with Crippen LogP contribution in [0.1, 0.15) is 37.0 Å². The molecule has 0 fully saturated rings. The van der Waals surface area contributed by atoms with Gasteiger partial charge < -0.3 is 5.11 Å². The minimum absolute atomic E-state index is 0.164. The first kappa shape index (κ1) is 11.8. The van der Waals surface area contributed by atoms with Gasteiger partial charge in [0.05, 0.1) is 6.42 Å². The van der Waals surface area contributed by atoms with Crippen LogP contribution in [0.2, 0.25) is 0 Å². The molecule has 0 heterocycles. The van der Waals surface area contributed by atoms with Crippen LogP contribution >= 0.6 is 0 Å². The molecule has 2 nitrogen and oxygen atoms in total.